The third-order valence-electron chi connectivity index (χ3n) is 2.87. The molecule has 0 spiro atoms. The number of rotatable bonds is 5. The van der Waals surface area contributed by atoms with E-state index in [1.54, 1.807) is 24.3 Å². The molecule has 3 rings (SSSR count). The molecule has 3 aromatic rings. The number of benzene rings is 1. The van der Waals surface area contributed by atoms with Crippen molar-refractivity contribution in [2.24, 2.45) is 0 Å². The molecule has 0 saturated carbocycles. The number of pyridine rings is 1. The standard InChI is InChI=1S/C15H10ClFN4O2S/c16-9-3-5-10(6-4-9)23-8-12-20-21-15(24-12)19-14(22)11-2-1-7-18-13(11)17/h1-7H,8H2,(H,19,21,22). The molecule has 2 heterocycles. The second kappa shape index (κ2) is 7.33. The average molecular weight is 365 g/mol. The molecule has 1 N–H and O–H groups in total. The first-order valence-electron chi connectivity index (χ1n) is 6.74. The Hall–Kier alpha value is -2.58. The van der Waals surface area contributed by atoms with Crippen LogP contribution in [0.25, 0.3) is 0 Å². The second-order valence-electron chi connectivity index (χ2n) is 4.54. The van der Waals surface area contributed by atoms with Crippen LogP contribution < -0.4 is 10.1 Å². The van der Waals surface area contributed by atoms with Crippen molar-refractivity contribution in [1.82, 2.24) is 15.2 Å². The summed E-state index contributed by atoms with van der Waals surface area (Å²) in [5, 5.41) is 11.6. The lowest BCUT2D eigenvalue weighted by Crippen LogP contribution is -2.14. The molecule has 0 aliphatic rings. The van der Waals surface area contributed by atoms with E-state index < -0.39 is 11.9 Å². The zero-order valence-corrected chi connectivity index (χ0v) is 13.6. The van der Waals surface area contributed by atoms with E-state index in [4.69, 9.17) is 16.3 Å². The summed E-state index contributed by atoms with van der Waals surface area (Å²) in [6, 6.07) is 9.71. The molecule has 122 valence electrons. The van der Waals surface area contributed by atoms with Crippen molar-refractivity contribution in [3.05, 3.63) is 64.1 Å². The first-order valence-corrected chi connectivity index (χ1v) is 7.94. The van der Waals surface area contributed by atoms with Crippen LogP contribution in [0.4, 0.5) is 9.52 Å². The Bertz CT molecular complexity index is 857. The molecule has 9 heteroatoms. The van der Waals surface area contributed by atoms with Gasteiger partial charge in [0.1, 0.15) is 12.4 Å². The third-order valence-corrected chi connectivity index (χ3v) is 3.93. The maximum atomic E-state index is 13.5. The van der Waals surface area contributed by atoms with Crippen LogP contribution in [-0.2, 0) is 6.61 Å². The molecule has 0 unspecified atom stereocenters. The lowest BCUT2D eigenvalue weighted by molar-refractivity contribution is 0.102. The van der Waals surface area contributed by atoms with Gasteiger partial charge in [-0.3, -0.25) is 10.1 Å². The van der Waals surface area contributed by atoms with Crippen LogP contribution in [0.2, 0.25) is 5.02 Å². The van der Waals surface area contributed by atoms with Gasteiger partial charge in [0.25, 0.3) is 5.91 Å². The van der Waals surface area contributed by atoms with Crippen molar-refractivity contribution in [2.45, 2.75) is 6.61 Å². The highest BCUT2D eigenvalue weighted by Gasteiger charge is 2.14. The van der Waals surface area contributed by atoms with Gasteiger partial charge in [-0.05, 0) is 36.4 Å². The SMILES string of the molecule is O=C(Nc1nnc(COc2ccc(Cl)cc2)s1)c1cccnc1F. The quantitative estimate of drug-likeness (QED) is 0.700. The fourth-order valence-electron chi connectivity index (χ4n) is 1.76. The fraction of sp³-hybridized carbons (Fsp3) is 0.0667. The molecule has 24 heavy (non-hydrogen) atoms. The zero-order chi connectivity index (χ0) is 16.9. The van der Waals surface area contributed by atoms with E-state index in [1.807, 2.05) is 0 Å². The van der Waals surface area contributed by atoms with Crippen LogP contribution in [0, 0.1) is 5.95 Å². The number of aromatic nitrogens is 3. The van der Waals surface area contributed by atoms with E-state index in [2.05, 4.69) is 20.5 Å². The molecule has 0 saturated heterocycles. The van der Waals surface area contributed by atoms with Gasteiger partial charge in [-0.15, -0.1) is 10.2 Å². The van der Waals surface area contributed by atoms with E-state index >= 15 is 0 Å². The monoisotopic (exact) mass is 364 g/mol. The molecule has 0 radical (unpaired) electrons. The molecule has 0 atom stereocenters. The highest BCUT2D eigenvalue weighted by molar-refractivity contribution is 7.15. The van der Waals surface area contributed by atoms with Gasteiger partial charge in [0.15, 0.2) is 5.01 Å². The second-order valence-corrected chi connectivity index (χ2v) is 6.04. The van der Waals surface area contributed by atoms with Crippen LogP contribution in [0.5, 0.6) is 5.75 Å². The fourth-order valence-corrected chi connectivity index (χ4v) is 2.53. The summed E-state index contributed by atoms with van der Waals surface area (Å²) in [6.07, 6.45) is 1.27. The zero-order valence-electron chi connectivity index (χ0n) is 12.1. The number of anilines is 1. The lowest BCUT2D eigenvalue weighted by Gasteiger charge is -2.03. The number of amides is 1. The molecule has 2 aromatic heterocycles. The maximum absolute atomic E-state index is 13.5. The summed E-state index contributed by atoms with van der Waals surface area (Å²) < 4.78 is 19.0. The summed E-state index contributed by atoms with van der Waals surface area (Å²) in [7, 11) is 0. The number of carbonyl (C=O) groups excluding carboxylic acids is 1. The Morgan fingerprint density at radius 3 is 2.79 bits per heavy atom. The Morgan fingerprint density at radius 2 is 2.04 bits per heavy atom. The molecule has 0 aliphatic carbocycles. The van der Waals surface area contributed by atoms with Gasteiger partial charge in [-0.25, -0.2) is 4.98 Å². The number of halogens is 2. The number of hydrogen-bond donors (Lipinski definition) is 1. The highest BCUT2D eigenvalue weighted by Crippen LogP contribution is 2.20. The first-order chi connectivity index (χ1) is 11.6. The van der Waals surface area contributed by atoms with E-state index in [0.717, 1.165) is 11.3 Å². The van der Waals surface area contributed by atoms with Crippen molar-refractivity contribution < 1.29 is 13.9 Å². The summed E-state index contributed by atoms with van der Waals surface area (Å²) >= 11 is 6.93. The van der Waals surface area contributed by atoms with Crippen molar-refractivity contribution in [3.8, 4) is 5.75 Å². The Labute approximate surface area is 145 Å². The van der Waals surface area contributed by atoms with Gasteiger partial charge in [0, 0.05) is 11.2 Å². The topological polar surface area (TPSA) is 77.0 Å². The molecule has 0 bridgehead atoms. The predicted octanol–water partition coefficient (Wildman–Crippen LogP) is 3.56. The van der Waals surface area contributed by atoms with Gasteiger partial charge in [-0.1, -0.05) is 22.9 Å². The Balaban J connectivity index is 1.60. The van der Waals surface area contributed by atoms with E-state index in [-0.39, 0.29) is 17.3 Å². The smallest absolute Gasteiger partial charge is 0.262 e. The minimum Gasteiger partial charge on any atom is -0.486 e. The molecular formula is C15H10ClFN4O2S. The van der Waals surface area contributed by atoms with E-state index in [0.29, 0.717) is 15.8 Å². The third kappa shape index (κ3) is 4.03. The number of nitrogens with one attached hydrogen (secondary N) is 1. The van der Waals surface area contributed by atoms with E-state index in [9.17, 15) is 9.18 Å². The molecule has 1 aromatic carbocycles. The molecular weight excluding hydrogens is 355 g/mol. The first kappa shape index (κ1) is 16.3. The van der Waals surface area contributed by atoms with Crippen molar-refractivity contribution in [3.63, 3.8) is 0 Å². The van der Waals surface area contributed by atoms with Crippen LogP contribution in [0.3, 0.4) is 0 Å². The number of nitrogens with zero attached hydrogens (tertiary/aromatic N) is 3. The lowest BCUT2D eigenvalue weighted by atomic mass is 10.2. The Kier molecular flexibility index (Phi) is 4.97. The average Bonchev–Trinajstić information content (AvgIpc) is 3.02. The number of ether oxygens (including phenoxy) is 1. The van der Waals surface area contributed by atoms with Gasteiger partial charge >= 0.3 is 0 Å². The molecule has 1 amide bonds. The Morgan fingerprint density at radius 1 is 1.25 bits per heavy atom. The molecule has 0 aliphatic heterocycles. The largest absolute Gasteiger partial charge is 0.486 e. The number of hydrogen-bond acceptors (Lipinski definition) is 6. The molecule has 0 fully saturated rings. The summed E-state index contributed by atoms with van der Waals surface area (Å²) in [5.41, 5.74) is -0.160. The number of carbonyl (C=O) groups is 1. The van der Waals surface area contributed by atoms with Gasteiger partial charge < -0.3 is 4.74 Å². The van der Waals surface area contributed by atoms with Crippen LogP contribution in [0.15, 0.2) is 42.6 Å². The van der Waals surface area contributed by atoms with Crippen LogP contribution >= 0.6 is 22.9 Å². The summed E-state index contributed by atoms with van der Waals surface area (Å²) in [6.45, 7) is 0.191. The maximum Gasteiger partial charge on any atom is 0.262 e. The van der Waals surface area contributed by atoms with Gasteiger partial charge in [0.2, 0.25) is 11.1 Å². The normalized spacial score (nSPS) is 10.4. The van der Waals surface area contributed by atoms with Gasteiger partial charge in [0.05, 0.1) is 5.56 Å². The van der Waals surface area contributed by atoms with E-state index in [1.165, 1.54) is 18.3 Å². The summed E-state index contributed by atoms with van der Waals surface area (Å²) in [5.74, 6) is -0.842. The summed E-state index contributed by atoms with van der Waals surface area (Å²) in [4.78, 5) is 15.4. The molecule has 6 nitrogen and oxygen atoms in total. The minimum atomic E-state index is -0.842. The van der Waals surface area contributed by atoms with Crippen molar-refractivity contribution >= 4 is 34.0 Å². The van der Waals surface area contributed by atoms with Crippen molar-refractivity contribution in [2.75, 3.05) is 5.32 Å². The van der Waals surface area contributed by atoms with Crippen LogP contribution in [-0.4, -0.2) is 21.1 Å². The minimum absolute atomic E-state index is 0.160. The highest BCUT2D eigenvalue weighted by atomic mass is 35.5. The predicted molar refractivity (Wildman–Crippen MR) is 87.8 cm³/mol. The van der Waals surface area contributed by atoms with Crippen molar-refractivity contribution in [1.29, 1.82) is 0 Å². The van der Waals surface area contributed by atoms with Crippen LogP contribution in [0.1, 0.15) is 15.4 Å². The van der Waals surface area contributed by atoms with Gasteiger partial charge in [-0.2, -0.15) is 4.39 Å².